The predicted molar refractivity (Wildman–Crippen MR) is 177 cm³/mol. The van der Waals surface area contributed by atoms with E-state index in [1.54, 1.807) is 57.7 Å². The van der Waals surface area contributed by atoms with Crippen molar-refractivity contribution in [2.75, 3.05) is 39.7 Å². The highest BCUT2D eigenvalue weighted by molar-refractivity contribution is 6.05. The fraction of sp³-hybridized carbons (Fsp3) is 0.436. The summed E-state index contributed by atoms with van der Waals surface area (Å²) in [5, 5.41) is 2.95. The number of ether oxygens (including phenoxy) is 4. The molecule has 8 heteroatoms. The molecule has 2 saturated carbocycles. The number of hydrogen-bond acceptors (Lipinski definition) is 7. The minimum atomic E-state index is -0.931. The number of rotatable bonds is 9. The molecule has 10 rings (SSSR count). The van der Waals surface area contributed by atoms with Crippen LogP contribution in [0.4, 0.5) is 5.69 Å². The molecule has 2 heterocycles. The topological polar surface area (TPSA) is 86.3 Å². The van der Waals surface area contributed by atoms with Gasteiger partial charge in [0.1, 0.15) is 17.5 Å². The van der Waals surface area contributed by atoms with E-state index in [9.17, 15) is 9.59 Å². The largest absolute Gasteiger partial charge is 0.497 e. The molecule has 4 bridgehead atoms. The monoisotopic (exact) mass is 632 g/mol. The zero-order valence-electron chi connectivity index (χ0n) is 27.1. The highest BCUT2D eigenvalue weighted by Crippen LogP contribution is 2.75. The van der Waals surface area contributed by atoms with E-state index in [0.29, 0.717) is 29.0 Å². The Morgan fingerprint density at radius 1 is 0.979 bits per heavy atom. The zero-order valence-corrected chi connectivity index (χ0v) is 27.1. The molecule has 242 valence electrons. The number of amides is 1. The molecule has 47 heavy (non-hydrogen) atoms. The van der Waals surface area contributed by atoms with Crippen molar-refractivity contribution in [3.8, 4) is 17.2 Å². The molecule has 0 unspecified atom stereocenters. The SMILES string of the molecule is COc1cccc(C(=O)Nc2ccc(C(=O)[C@H]3C[C@@]45C=C[C@]3(OC)[C@@H]3Oc6c(OC)ccc7c6[C@@]34CCN(CC3CC3)[C@@H]5C7)cc2)c1. The first-order valence-corrected chi connectivity index (χ1v) is 16.8. The van der Waals surface area contributed by atoms with Crippen LogP contribution in [0, 0.1) is 17.3 Å². The standard InChI is InChI=1S/C39H40N2O6/c1-44-28-6-4-5-26(19-28)35(43)40-27-12-9-24(10-13-27)33(42)29-21-37-15-16-39(29,46-3)36-38(37)17-18-41(22-23-7-8-23)31(37)20-25-11-14-30(45-2)34(47-36)32(25)38/h4-6,9-16,19,23,29,31,36H,7-8,17-18,20-22H2,1-3H3,(H,40,43)/t29-,31-,36-,37-,38+,39-/m1/s1. The van der Waals surface area contributed by atoms with Crippen LogP contribution in [0.1, 0.15) is 57.5 Å². The molecule has 7 aliphatic rings. The lowest BCUT2D eigenvalue weighted by Gasteiger charge is -2.71. The molecule has 0 radical (unpaired) electrons. The molecule has 1 N–H and O–H groups in total. The molecule has 3 fully saturated rings. The second-order valence-electron chi connectivity index (χ2n) is 14.3. The number of nitrogens with zero attached hydrogens (tertiary/aromatic N) is 1. The molecule has 3 aromatic carbocycles. The Hall–Kier alpha value is -4.14. The summed E-state index contributed by atoms with van der Waals surface area (Å²) in [6, 6.07) is 18.8. The van der Waals surface area contributed by atoms with Gasteiger partial charge in [-0.1, -0.05) is 24.3 Å². The summed E-state index contributed by atoms with van der Waals surface area (Å²) in [5.41, 5.74) is 2.87. The highest BCUT2D eigenvalue weighted by atomic mass is 16.6. The van der Waals surface area contributed by atoms with Crippen LogP contribution in [0.25, 0.3) is 0 Å². The van der Waals surface area contributed by atoms with Gasteiger partial charge in [-0.05, 0) is 98.7 Å². The maximum Gasteiger partial charge on any atom is 0.255 e. The number of ketones is 1. The van der Waals surface area contributed by atoms with Crippen LogP contribution in [0.3, 0.4) is 0 Å². The van der Waals surface area contributed by atoms with E-state index in [2.05, 4.69) is 28.4 Å². The maximum absolute atomic E-state index is 14.7. The Bertz CT molecular complexity index is 1830. The van der Waals surface area contributed by atoms with Crippen molar-refractivity contribution in [3.63, 3.8) is 0 Å². The van der Waals surface area contributed by atoms with Crippen LogP contribution in [0.15, 0.2) is 72.8 Å². The summed E-state index contributed by atoms with van der Waals surface area (Å²) in [7, 11) is 5.00. The fourth-order valence-corrected chi connectivity index (χ4v) is 10.1. The molecule has 1 amide bonds. The highest BCUT2D eigenvalue weighted by Gasteiger charge is 2.80. The van der Waals surface area contributed by atoms with Gasteiger partial charge < -0.3 is 24.3 Å². The molecule has 8 nitrogen and oxygen atoms in total. The van der Waals surface area contributed by atoms with Crippen molar-refractivity contribution >= 4 is 17.4 Å². The average Bonchev–Trinajstić information content (AvgIpc) is 3.86. The number of methoxy groups -OCH3 is 3. The number of Topliss-reactive ketones (excluding diaryl/α,β-unsaturated/α-hetero) is 1. The van der Waals surface area contributed by atoms with Gasteiger partial charge in [0.05, 0.1) is 25.6 Å². The Kier molecular flexibility index (Phi) is 6.29. The number of fused-ring (bicyclic) bond motifs is 1. The molecule has 2 aliphatic heterocycles. The average molecular weight is 633 g/mol. The van der Waals surface area contributed by atoms with Gasteiger partial charge >= 0.3 is 0 Å². The molecular weight excluding hydrogens is 592 g/mol. The summed E-state index contributed by atoms with van der Waals surface area (Å²) < 4.78 is 24.7. The number of anilines is 1. The second-order valence-corrected chi connectivity index (χ2v) is 14.3. The van der Waals surface area contributed by atoms with E-state index in [4.69, 9.17) is 18.9 Å². The van der Waals surface area contributed by atoms with Crippen LogP contribution in [-0.4, -0.2) is 68.8 Å². The van der Waals surface area contributed by atoms with Gasteiger partial charge in [-0.3, -0.25) is 14.5 Å². The van der Waals surface area contributed by atoms with Gasteiger partial charge in [0.2, 0.25) is 0 Å². The second kappa shape index (κ2) is 10.2. The molecule has 6 atom stereocenters. The lowest BCUT2D eigenvalue weighted by molar-refractivity contribution is -0.206. The predicted octanol–water partition coefficient (Wildman–Crippen LogP) is 5.84. The van der Waals surface area contributed by atoms with Crippen molar-refractivity contribution in [2.45, 2.75) is 55.3 Å². The van der Waals surface area contributed by atoms with E-state index in [1.165, 1.54) is 24.0 Å². The maximum atomic E-state index is 14.7. The lowest BCUT2D eigenvalue weighted by atomic mass is 9.36. The first-order valence-electron chi connectivity index (χ1n) is 16.8. The quantitative estimate of drug-likeness (QED) is 0.234. The zero-order chi connectivity index (χ0) is 32.1. The van der Waals surface area contributed by atoms with E-state index < -0.39 is 11.5 Å². The van der Waals surface area contributed by atoms with Crippen molar-refractivity contribution in [1.29, 1.82) is 0 Å². The molecule has 1 saturated heterocycles. The summed E-state index contributed by atoms with van der Waals surface area (Å²) in [6.45, 7) is 2.14. The third kappa shape index (κ3) is 3.83. The summed E-state index contributed by atoms with van der Waals surface area (Å²) >= 11 is 0. The lowest BCUT2D eigenvalue weighted by Crippen LogP contribution is -2.79. The number of carbonyl (C=O) groups excluding carboxylic acids is 2. The summed E-state index contributed by atoms with van der Waals surface area (Å²) in [4.78, 5) is 30.4. The van der Waals surface area contributed by atoms with Crippen LogP contribution in [-0.2, 0) is 16.6 Å². The minimum Gasteiger partial charge on any atom is -0.497 e. The molecule has 5 aliphatic carbocycles. The molecule has 2 spiro atoms. The Balaban J connectivity index is 1.08. The Morgan fingerprint density at radius 3 is 2.55 bits per heavy atom. The van der Waals surface area contributed by atoms with E-state index in [1.807, 2.05) is 18.2 Å². The number of hydrogen-bond donors (Lipinski definition) is 1. The number of carbonyl (C=O) groups is 2. The van der Waals surface area contributed by atoms with Crippen molar-refractivity contribution in [3.05, 3.63) is 95.1 Å². The number of likely N-dealkylation sites (tertiary alicyclic amines) is 1. The van der Waals surface area contributed by atoms with Gasteiger partial charge in [-0.25, -0.2) is 0 Å². The molecular formula is C39H40N2O6. The Morgan fingerprint density at radius 2 is 1.81 bits per heavy atom. The fourth-order valence-electron chi connectivity index (χ4n) is 10.1. The summed E-state index contributed by atoms with van der Waals surface area (Å²) in [5.74, 6) is 2.35. The van der Waals surface area contributed by atoms with Gasteiger partial charge in [0, 0.05) is 47.5 Å². The van der Waals surface area contributed by atoms with Crippen LogP contribution in [0.5, 0.6) is 17.2 Å². The van der Waals surface area contributed by atoms with Crippen molar-refractivity contribution in [1.82, 2.24) is 4.90 Å². The van der Waals surface area contributed by atoms with Crippen LogP contribution >= 0.6 is 0 Å². The number of piperidine rings is 1. The molecule has 0 aromatic heterocycles. The van der Waals surface area contributed by atoms with Gasteiger partial charge in [-0.2, -0.15) is 0 Å². The van der Waals surface area contributed by atoms with Crippen LogP contribution in [0.2, 0.25) is 0 Å². The van der Waals surface area contributed by atoms with Crippen molar-refractivity contribution < 1.29 is 28.5 Å². The smallest absolute Gasteiger partial charge is 0.255 e. The first kappa shape index (κ1) is 29.0. The molecule has 3 aromatic rings. The minimum absolute atomic E-state index is 0.0419. The Labute approximate surface area is 275 Å². The van der Waals surface area contributed by atoms with Gasteiger partial charge in [-0.15, -0.1) is 0 Å². The van der Waals surface area contributed by atoms with E-state index in [0.717, 1.165) is 43.3 Å². The normalized spacial score (nSPS) is 32.4. The summed E-state index contributed by atoms with van der Waals surface area (Å²) in [6.07, 6.45) is 9.49. The van der Waals surface area contributed by atoms with E-state index in [-0.39, 0.29) is 34.7 Å². The van der Waals surface area contributed by atoms with Gasteiger partial charge in [0.25, 0.3) is 5.91 Å². The van der Waals surface area contributed by atoms with E-state index >= 15 is 0 Å². The number of nitrogens with one attached hydrogen (secondary N) is 1. The third-order valence-corrected chi connectivity index (χ3v) is 12.4. The van der Waals surface area contributed by atoms with Crippen molar-refractivity contribution in [2.24, 2.45) is 17.3 Å². The van der Waals surface area contributed by atoms with Gasteiger partial charge in [0.15, 0.2) is 17.3 Å². The number of benzene rings is 3. The first-order chi connectivity index (χ1) is 22.9. The van der Waals surface area contributed by atoms with Crippen LogP contribution < -0.4 is 19.5 Å². The third-order valence-electron chi connectivity index (χ3n) is 12.4.